The Labute approximate surface area is 115 Å². The van der Waals surface area contributed by atoms with Gasteiger partial charge in [-0.1, -0.05) is 0 Å². The SMILES string of the molecule is CC(NCCS(=O)(=O)N(C)C)c1ccc(Br)s1. The van der Waals surface area contributed by atoms with Crippen molar-refractivity contribution in [3.63, 3.8) is 0 Å². The zero-order chi connectivity index (χ0) is 13.1. The molecule has 0 aliphatic rings. The van der Waals surface area contributed by atoms with Crippen molar-refractivity contribution in [1.29, 1.82) is 0 Å². The molecule has 17 heavy (non-hydrogen) atoms. The van der Waals surface area contributed by atoms with Crippen molar-refractivity contribution in [3.05, 3.63) is 20.8 Å². The maximum atomic E-state index is 11.5. The maximum absolute atomic E-state index is 11.5. The van der Waals surface area contributed by atoms with Gasteiger partial charge in [-0.25, -0.2) is 12.7 Å². The highest BCUT2D eigenvalue weighted by Gasteiger charge is 2.14. The molecular weight excluding hydrogens is 324 g/mol. The van der Waals surface area contributed by atoms with E-state index in [1.807, 2.05) is 19.1 Å². The van der Waals surface area contributed by atoms with Crippen LogP contribution in [0.5, 0.6) is 0 Å². The normalized spacial score (nSPS) is 14.2. The standard InChI is InChI=1S/C10H17BrN2O2S2/c1-8(9-4-5-10(11)16-9)12-6-7-17(14,15)13(2)3/h4-5,8,12H,6-7H2,1-3H3. The molecule has 1 aromatic rings. The van der Waals surface area contributed by atoms with Crippen LogP contribution in [0.4, 0.5) is 0 Å². The number of halogens is 1. The first kappa shape index (κ1) is 15.1. The Bertz CT molecular complexity index is 457. The minimum Gasteiger partial charge on any atom is -0.308 e. The maximum Gasteiger partial charge on any atom is 0.214 e. The van der Waals surface area contributed by atoms with Crippen LogP contribution >= 0.6 is 27.3 Å². The van der Waals surface area contributed by atoms with Gasteiger partial charge in [0.2, 0.25) is 10.0 Å². The molecule has 0 spiro atoms. The van der Waals surface area contributed by atoms with Crippen LogP contribution in [0.3, 0.4) is 0 Å². The third-order valence-corrected chi connectivity index (χ3v) is 6.03. The smallest absolute Gasteiger partial charge is 0.214 e. The average Bonchev–Trinajstić information content (AvgIpc) is 2.64. The van der Waals surface area contributed by atoms with Crippen LogP contribution < -0.4 is 5.32 Å². The van der Waals surface area contributed by atoms with Crippen molar-refractivity contribution in [2.45, 2.75) is 13.0 Å². The minimum absolute atomic E-state index is 0.122. The molecule has 0 saturated carbocycles. The van der Waals surface area contributed by atoms with E-state index in [4.69, 9.17) is 0 Å². The van der Waals surface area contributed by atoms with Gasteiger partial charge in [0.25, 0.3) is 0 Å². The van der Waals surface area contributed by atoms with E-state index in [0.29, 0.717) is 6.54 Å². The van der Waals surface area contributed by atoms with Gasteiger partial charge in [0.1, 0.15) is 0 Å². The second-order valence-electron chi connectivity index (χ2n) is 3.92. The zero-order valence-corrected chi connectivity index (χ0v) is 13.3. The summed E-state index contributed by atoms with van der Waals surface area (Å²) in [6.07, 6.45) is 0. The van der Waals surface area contributed by atoms with E-state index >= 15 is 0 Å². The van der Waals surface area contributed by atoms with Gasteiger partial charge in [-0.2, -0.15) is 0 Å². The first-order chi connectivity index (χ1) is 7.83. The zero-order valence-electron chi connectivity index (χ0n) is 10.1. The first-order valence-corrected chi connectivity index (χ1v) is 8.43. The molecule has 0 saturated heterocycles. The van der Waals surface area contributed by atoms with E-state index < -0.39 is 10.0 Å². The molecule has 1 unspecified atom stereocenters. The number of nitrogens with zero attached hydrogens (tertiary/aromatic N) is 1. The Morgan fingerprint density at radius 1 is 1.47 bits per heavy atom. The number of hydrogen-bond acceptors (Lipinski definition) is 4. The fraction of sp³-hybridized carbons (Fsp3) is 0.600. The van der Waals surface area contributed by atoms with Gasteiger partial charge < -0.3 is 5.32 Å². The van der Waals surface area contributed by atoms with Crippen LogP contribution in [0, 0.1) is 0 Å². The molecule has 0 aliphatic carbocycles. The number of rotatable bonds is 6. The van der Waals surface area contributed by atoms with E-state index in [9.17, 15) is 8.42 Å². The summed E-state index contributed by atoms with van der Waals surface area (Å²) >= 11 is 5.06. The molecule has 0 radical (unpaired) electrons. The lowest BCUT2D eigenvalue weighted by molar-refractivity contribution is 0.513. The van der Waals surface area contributed by atoms with E-state index in [2.05, 4.69) is 21.2 Å². The molecule has 1 heterocycles. The lowest BCUT2D eigenvalue weighted by Gasteiger charge is -2.14. The summed E-state index contributed by atoms with van der Waals surface area (Å²) in [4.78, 5) is 1.19. The summed E-state index contributed by atoms with van der Waals surface area (Å²) in [5.74, 6) is 0.122. The highest BCUT2D eigenvalue weighted by atomic mass is 79.9. The molecule has 1 aromatic heterocycles. The van der Waals surface area contributed by atoms with Crippen molar-refractivity contribution in [1.82, 2.24) is 9.62 Å². The van der Waals surface area contributed by atoms with E-state index in [1.165, 1.54) is 9.18 Å². The monoisotopic (exact) mass is 340 g/mol. The van der Waals surface area contributed by atoms with Crippen LogP contribution in [-0.4, -0.2) is 39.1 Å². The summed E-state index contributed by atoms with van der Waals surface area (Å²) in [5.41, 5.74) is 0. The Morgan fingerprint density at radius 2 is 2.12 bits per heavy atom. The molecule has 4 nitrogen and oxygen atoms in total. The first-order valence-electron chi connectivity index (χ1n) is 5.22. The number of nitrogens with one attached hydrogen (secondary N) is 1. The molecule has 0 aliphatic heterocycles. The topological polar surface area (TPSA) is 49.4 Å². The predicted molar refractivity (Wildman–Crippen MR) is 75.9 cm³/mol. The Morgan fingerprint density at radius 3 is 2.59 bits per heavy atom. The average molecular weight is 341 g/mol. The van der Waals surface area contributed by atoms with Gasteiger partial charge in [0, 0.05) is 31.6 Å². The summed E-state index contributed by atoms with van der Waals surface area (Å²) in [5, 5.41) is 3.21. The lowest BCUT2D eigenvalue weighted by Crippen LogP contribution is -2.32. The van der Waals surface area contributed by atoms with E-state index in [1.54, 1.807) is 25.4 Å². The van der Waals surface area contributed by atoms with E-state index in [-0.39, 0.29) is 11.8 Å². The molecule has 1 atom stereocenters. The fourth-order valence-corrected chi connectivity index (χ4v) is 3.44. The number of thiophene rings is 1. The molecule has 0 aromatic carbocycles. The molecule has 7 heteroatoms. The predicted octanol–water partition coefficient (Wildman–Crippen LogP) is 2.05. The summed E-state index contributed by atoms with van der Waals surface area (Å²) in [7, 11) is -0.00439. The van der Waals surface area contributed by atoms with Crippen LogP contribution in [0.1, 0.15) is 17.8 Å². The van der Waals surface area contributed by atoms with Gasteiger partial charge >= 0.3 is 0 Å². The number of hydrogen-bond donors (Lipinski definition) is 1. The van der Waals surface area contributed by atoms with Gasteiger partial charge in [-0.05, 0) is 35.0 Å². The minimum atomic E-state index is -3.11. The Balaban J connectivity index is 2.42. The Kier molecular flexibility index (Phi) is 5.59. The molecule has 0 amide bonds. The van der Waals surface area contributed by atoms with Gasteiger partial charge in [-0.15, -0.1) is 11.3 Å². The largest absolute Gasteiger partial charge is 0.308 e. The summed E-state index contributed by atoms with van der Waals surface area (Å²) in [6, 6.07) is 4.20. The van der Waals surface area contributed by atoms with Crippen molar-refractivity contribution in [2.75, 3.05) is 26.4 Å². The second-order valence-corrected chi connectivity index (χ2v) is 8.71. The van der Waals surface area contributed by atoms with Gasteiger partial charge in [-0.3, -0.25) is 0 Å². The summed E-state index contributed by atoms with van der Waals surface area (Å²) in [6.45, 7) is 2.48. The van der Waals surface area contributed by atoms with E-state index in [0.717, 1.165) is 3.79 Å². The quantitative estimate of drug-likeness (QED) is 0.862. The van der Waals surface area contributed by atoms with Crippen molar-refractivity contribution >= 4 is 37.3 Å². The third kappa shape index (κ3) is 4.67. The third-order valence-electron chi connectivity index (χ3n) is 2.39. The van der Waals surface area contributed by atoms with Gasteiger partial charge in [0.15, 0.2) is 0 Å². The second kappa shape index (κ2) is 6.29. The highest BCUT2D eigenvalue weighted by Crippen LogP contribution is 2.26. The molecule has 1 rings (SSSR count). The molecular formula is C10H17BrN2O2S2. The van der Waals surface area contributed by atoms with Crippen LogP contribution in [0.2, 0.25) is 0 Å². The van der Waals surface area contributed by atoms with Crippen LogP contribution in [-0.2, 0) is 10.0 Å². The van der Waals surface area contributed by atoms with Crippen molar-refractivity contribution in [3.8, 4) is 0 Å². The molecule has 0 bridgehead atoms. The van der Waals surface area contributed by atoms with Crippen LogP contribution in [0.25, 0.3) is 0 Å². The van der Waals surface area contributed by atoms with Crippen molar-refractivity contribution in [2.24, 2.45) is 0 Å². The van der Waals surface area contributed by atoms with Crippen LogP contribution in [0.15, 0.2) is 15.9 Å². The molecule has 1 N–H and O–H groups in total. The molecule has 0 fully saturated rings. The lowest BCUT2D eigenvalue weighted by atomic mass is 10.3. The Hall–Kier alpha value is 0.0500. The molecule has 98 valence electrons. The summed E-state index contributed by atoms with van der Waals surface area (Å²) < 4.78 is 25.4. The number of sulfonamides is 1. The highest BCUT2D eigenvalue weighted by molar-refractivity contribution is 9.11. The van der Waals surface area contributed by atoms with Crippen molar-refractivity contribution < 1.29 is 8.42 Å². The van der Waals surface area contributed by atoms with Gasteiger partial charge in [0.05, 0.1) is 9.54 Å². The fourth-order valence-electron chi connectivity index (χ4n) is 1.25.